The van der Waals surface area contributed by atoms with Crippen molar-refractivity contribution >= 4 is 17.8 Å². The Kier molecular flexibility index (Phi) is 32.6. The fraction of sp³-hybridized carbons (Fsp3) is 0.868. The molecule has 0 aliphatic carbocycles. The molecule has 1 atom stereocenters. The third-order valence-corrected chi connectivity index (χ3v) is 8.40. The van der Waals surface area contributed by atoms with Crippen LogP contribution in [0.3, 0.4) is 0 Å². The van der Waals surface area contributed by atoms with Crippen LogP contribution in [-0.2, 0) is 19.1 Å². The number of amides is 1. The van der Waals surface area contributed by atoms with Crippen LogP contribution in [0.5, 0.6) is 0 Å². The lowest BCUT2D eigenvalue weighted by atomic mass is 10.0. The number of rotatable bonds is 34. The highest BCUT2D eigenvalue weighted by Crippen LogP contribution is 2.16. The van der Waals surface area contributed by atoms with E-state index >= 15 is 0 Å². The van der Waals surface area contributed by atoms with Gasteiger partial charge < -0.3 is 15.2 Å². The summed E-state index contributed by atoms with van der Waals surface area (Å²) >= 11 is 0. The Morgan fingerprint density at radius 3 is 1.48 bits per heavy atom. The van der Waals surface area contributed by atoms with Gasteiger partial charge in [0.25, 0.3) is 0 Å². The van der Waals surface area contributed by atoms with Gasteiger partial charge in [-0.2, -0.15) is 0 Å². The molecule has 1 amide bonds. The maximum atomic E-state index is 12.5. The van der Waals surface area contributed by atoms with Gasteiger partial charge in [0.05, 0.1) is 0 Å². The second kappa shape index (κ2) is 34.0. The Hall–Kier alpha value is -1.85. The lowest BCUT2D eigenvalue weighted by Gasteiger charge is -2.15. The highest BCUT2D eigenvalue weighted by Gasteiger charge is 2.12. The van der Waals surface area contributed by atoms with Gasteiger partial charge in [-0.25, -0.2) is 0 Å². The zero-order valence-electron chi connectivity index (χ0n) is 29.0. The molecule has 258 valence electrons. The molecule has 0 saturated heterocycles. The van der Waals surface area contributed by atoms with Crippen molar-refractivity contribution in [2.75, 3.05) is 6.54 Å². The molecule has 0 saturated carbocycles. The number of allylic oxidation sites excluding steroid dienone is 1. The number of esters is 1. The molecule has 0 aromatic carbocycles. The lowest BCUT2D eigenvalue weighted by molar-refractivity contribution is -0.147. The molecule has 0 radical (unpaired) electrons. The quantitative estimate of drug-likeness (QED) is 0.0423. The average Bonchev–Trinajstić information content (AvgIpc) is 3.00. The summed E-state index contributed by atoms with van der Waals surface area (Å²) in [5.41, 5.74) is 0. The number of ether oxygens (including phenoxy) is 1. The molecule has 6 nitrogen and oxygen atoms in total. The van der Waals surface area contributed by atoms with E-state index in [4.69, 9.17) is 9.84 Å². The van der Waals surface area contributed by atoms with Gasteiger partial charge in [0.15, 0.2) is 0 Å². The number of carboxylic acids is 1. The molecule has 44 heavy (non-hydrogen) atoms. The molecule has 0 heterocycles. The van der Waals surface area contributed by atoms with E-state index in [1.165, 1.54) is 116 Å². The predicted octanol–water partition coefficient (Wildman–Crippen LogP) is 11.0. The highest BCUT2D eigenvalue weighted by atomic mass is 16.5. The van der Waals surface area contributed by atoms with Gasteiger partial charge in [-0.1, -0.05) is 161 Å². The molecule has 6 heteroatoms. The highest BCUT2D eigenvalue weighted by molar-refractivity contribution is 5.80. The van der Waals surface area contributed by atoms with Gasteiger partial charge in [-0.3, -0.25) is 14.4 Å². The third-order valence-electron chi connectivity index (χ3n) is 8.40. The number of aliphatic carboxylic acids is 1. The van der Waals surface area contributed by atoms with Crippen molar-refractivity contribution in [3.05, 3.63) is 12.2 Å². The first-order chi connectivity index (χ1) is 21.5. The van der Waals surface area contributed by atoms with E-state index in [9.17, 15) is 14.4 Å². The summed E-state index contributed by atoms with van der Waals surface area (Å²) < 4.78 is 5.79. The van der Waals surface area contributed by atoms with Gasteiger partial charge in [0, 0.05) is 12.8 Å². The van der Waals surface area contributed by atoms with Crippen LogP contribution in [0.1, 0.15) is 200 Å². The van der Waals surface area contributed by atoms with E-state index in [1.807, 2.05) is 6.08 Å². The molecule has 1 unspecified atom stereocenters. The molecule has 0 aromatic rings. The van der Waals surface area contributed by atoms with Crippen molar-refractivity contribution in [3.8, 4) is 0 Å². The molecule has 0 aromatic heterocycles. The second-order valence-electron chi connectivity index (χ2n) is 12.8. The number of carboxylic acid groups (broad SMARTS) is 1. The molecule has 0 bridgehead atoms. The molecule has 0 aliphatic heterocycles. The molecular formula is C38H71NO5. The van der Waals surface area contributed by atoms with Crippen molar-refractivity contribution in [1.29, 1.82) is 0 Å². The van der Waals surface area contributed by atoms with Gasteiger partial charge in [0.2, 0.25) is 5.91 Å². The van der Waals surface area contributed by atoms with Crippen LogP contribution >= 0.6 is 0 Å². The van der Waals surface area contributed by atoms with Crippen molar-refractivity contribution in [2.24, 2.45) is 0 Å². The van der Waals surface area contributed by atoms with Crippen LogP contribution in [0.25, 0.3) is 0 Å². The van der Waals surface area contributed by atoms with Crippen LogP contribution in [-0.4, -0.2) is 35.6 Å². The van der Waals surface area contributed by atoms with Gasteiger partial charge in [0.1, 0.15) is 12.6 Å². The minimum atomic E-state index is -1.03. The second-order valence-corrected chi connectivity index (χ2v) is 12.8. The van der Waals surface area contributed by atoms with Crippen LogP contribution in [0.2, 0.25) is 0 Å². The van der Waals surface area contributed by atoms with E-state index in [0.717, 1.165) is 57.8 Å². The number of hydrogen-bond acceptors (Lipinski definition) is 4. The minimum absolute atomic E-state index is 0.0892. The SMILES string of the molecule is CCC/C=C\C(CCCCCCC(=O)NCC(=O)O)OC(=O)CCCCCCCCCCCCCCCCCCCCCC. The molecule has 0 fully saturated rings. The molecule has 0 spiro atoms. The fourth-order valence-electron chi connectivity index (χ4n) is 5.61. The van der Waals surface area contributed by atoms with E-state index in [2.05, 4.69) is 25.2 Å². The number of unbranched alkanes of at least 4 members (excludes halogenated alkanes) is 23. The fourth-order valence-corrected chi connectivity index (χ4v) is 5.61. The number of carbonyl (C=O) groups is 3. The van der Waals surface area contributed by atoms with E-state index in [-0.39, 0.29) is 24.5 Å². The summed E-state index contributed by atoms with van der Waals surface area (Å²) in [6.45, 7) is 4.10. The first-order valence-corrected chi connectivity index (χ1v) is 18.8. The molecule has 0 rings (SSSR count). The first kappa shape index (κ1) is 42.1. The van der Waals surface area contributed by atoms with Crippen LogP contribution < -0.4 is 5.32 Å². The summed E-state index contributed by atoms with van der Waals surface area (Å²) in [6.07, 6.45) is 38.2. The summed E-state index contributed by atoms with van der Waals surface area (Å²) in [5.74, 6) is -1.33. The van der Waals surface area contributed by atoms with Crippen LogP contribution in [0.4, 0.5) is 0 Å². The minimum Gasteiger partial charge on any atom is -0.480 e. The monoisotopic (exact) mass is 622 g/mol. The van der Waals surface area contributed by atoms with Gasteiger partial charge >= 0.3 is 11.9 Å². The first-order valence-electron chi connectivity index (χ1n) is 18.8. The van der Waals surface area contributed by atoms with Crippen molar-refractivity contribution in [3.63, 3.8) is 0 Å². The standard InChI is InChI=1S/C38H71NO5/c1-3-5-7-8-9-10-11-12-13-14-15-16-17-18-19-20-21-22-23-29-33-38(43)44-35(30-26-6-4-2)31-27-24-25-28-32-36(40)39-34-37(41)42/h26,30,35H,3-25,27-29,31-34H2,1-2H3,(H,39,40)(H,41,42)/b30-26-. The Morgan fingerprint density at radius 1 is 0.591 bits per heavy atom. The van der Waals surface area contributed by atoms with Crippen LogP contribution in [0.15, 0.2) is 12.2 Å². The summed E-state index contributed by atoms with van der Waals surface area (Å²) in [6, 6.07) is 0. The topological polar surface area (TPSA) is 92.7 Å². The van der Waals surface area contributed by atoms with Crippen molar-refractivity contribution < 1.29 is 24.2 Å². The number of nitrogens with one attached hydrogen (secondary N) is 1. The third kappa shape index (κ3) is 33.1. The Bertz CT molecular complexity index is 693. The maximum absolute atomic E-state index is 12.5. The number of carbonyl (C=O) groups excluding carboxylic acids is 2. The predicted molar refractivity (Wildman–Crippen MR) is 185 cm³/mol. The normalized spacial score (nSPS) is 12.0. The lowest BCUT2D eigenvalue weighted by Crippen LogP contribution is -2.28. The zero-order valence-corrected chi connectivity index (χ0v) is 29.0. The van der Waals surface area contributed by atoms with E-state index in [1.54, 1.807) is 0 Å². The smallest absolute Gasteiger partial charge is 0.322 e. The van der Waals surface area contributed by atoms with E-state index in [0.29, 0.717) is 12.8 Å². The Labute approximate surface area is 271 Å². The van der Waals surface area contributed by atoms with Gasteiger partial charge in [-0.15, -0.1) is 0 Å². The van der Waals surface area contributed by atoms with E-state index < -0.39 is 5.97 Å². The van der Waals surface area contributed by atoms with Crippen LogP contribution in [0, 0.1) is 0 Å². The average molecular weight is 622 g/mol. The Morgan fingerprint density at radius 2 is 1.02 bits per heavy atom. The zero-order chi connectivity index (χ0) is 32.4. The van der Waals surface area contributed by atoms with Gasteiger partial charge in [-0.05, 0) is 38.2 Å². The summed E-state index contributed by atoms with van der Waals surface area (Å²) in [4.78, 5) is 34.6. The summed E-state index contributed by atoms with van der Waals surface area (Å²) in [5, 5.41) is 11.0. The molecule has 2 N–H and O–H groups in total. The maximum Gasteiger partial charge on any atom is 0.322 e. The molecular weight excluding hydrogens is 550 g/mol. The summed E-state index contributed by atoms with van der Waals surface area (Å²) in [7, 11) is 0. The van der Waals surface area contributed by atoms with Crippen molar-refractivity contribution in [1.82, 2.24) is 5.32 Å². The number of hydrogen-bond donors (Lipinski definition) is 2. The Balaban J connectivity index is 3.69. The molecule has 0 aliphatic rings. The largest absolute Gasteiger partial charge is 0.480 e. The van der Waals surface area contributed by atoms with Crippen molar-refractivity contribution in [2.45, 2.75) is 206 Å².